The van der Waals surface area contributed by atoms with Crippen molar-refractivity contribution in [2.24, 2.45) is 5.10 Å². The Hall–Kier alpha value is -2.04. The van der Waals surface area contributed by atoms with Gasteiger partial charge in [0.25, 0.3) is 0 Å². The molecule has 0 aliphatic rings. The number of carbonyl (C=O) groups is 1. The molecule has 4 unspecified atom stereocenters. The standard InChI is InChI=1S/C15H22N2O7/c1-24-10-4-2-9(3-5-10)6-13(21)17-16-7-11(19)14(22)15(23)12(20)8-18/h2-5,7,11-12,14-15,18-20,22-23H,6,8H2,1H3,(H,17,21). The van der Waals surface area contributed by atoms with Gasteiger partial charge < -0.3 is 30.3 Å². The Bertz CT molecular complexity index is 535. The minimum Gasteiger partial charge on any atom is -0.497 e. The van der Waals surface area contributed by atoms with Crippen molar-refractivity contribution in [3.8, 4) is 5.75 Å². The summed E-state index contributed by atoms with van der Waals surface area (Å²) in [6.07, 6.45) is -5.91. The van der Waals surface area contributed by atoms with Gasteiger partial charge in [0, 0.05) is 0 Å². The van der Waals surface area contributed by atoms with Crippen LogP contribution in [0, 0.1) is 0 Å². The first kappa shape index (κ1) is 20.0. The van der Waals surface area contributed by atoms with Crippen LogP contribution in [0.1, 0.15) is 5.56 Å². The van der Waals surface area contributed by atoms with E-state index in [1.165, 1.54) is 7.11 Å². The summed E-state index contributed by atoms with van der Waals surface area (Å²) in [6.45, 7) is -0.777. The lowest BCUT2D eigenvalue weighted by molar-refractivity contribution is -0.120. The first-order chi connectivity index (χ1) is 11.4. The van der Waals surface area contributed by atoms with Crippen LogP contribution in [0.25, 0.3) is 0 Å². The second-order valence-electron chi connectivity index (χ2n) is 5.06. The van der Waals surface area contributed by atoms with E-state index >= 15 is 0 Å². The summed E-state index contributed by atoms with van der Waals surface area (Å²) in [6, 6.07) is 6.85. The third-order valence-corrected chi connectivity index (χ3v) is 3.22. The second-order valence-corrected chi connectivity index (χ2v) is 5.06. The van der Waals surface area contributed by atoms with Crippen molar-refractivity contribution in [1.29, 1.82) is 0 Å². The van der Waals surface area contributed by atoms with E-state index in [0.29, 0.717) is 5.75 Å². The average Bonchev–Trinajstić information content (AvgIpc) is 2.60. The fourth-order valence-electron chi connectivity index (χ4n) is 1.78. The number of amides is 1. The number of nitrogens with one attached hydrogen (secondary N) is 1. The van der Waals surface area contributed by atoms with Gasteiger partial charge in [-0.15, -0.1) is 0 Å². The van der Waals surface area contributed by atoms with E-state index in [9.17, 15) is 20.1 Å². The lowest BCUT2D eigenvalue weighted by Gasteiger charge is -2.23. The summed E-state index contributed by atoms with van der Waals surface area (Å²) in [5, 5.41) is 49.8. The van der Waals surface area contributed by atoms with E-state index in [-0.39, 0.29) is 6.42 Å². The summed E-state index contributed by atoms with van der Waals surface area (Å²) in [7, 11) is 1.53. The smallest absolute Gasteiger partial charge is 0.244 e. The van der Waals surface area contributed by atoms with E-state index in [2.05, 4.69) is 10.5 Å². The molecule has 0 aliphatic heterocycles. The van der Waals surface area contributed by atoms with Gasteiger partial charge in [-0.25, -0.2) is 5.43 Å². The van der Waals surface area contributed by atoms with Gasteiger partial charge in [-0.05, 0) is 17.7 Å². The van der Waals surface area contributed by atoms with Crippen molar-refractivity contribution in [2.75, 3.05) is 13.7 Å². The van der Waals surface area contributed by atoms with Gasteiger partial charge >= 0.3 is 0 Å². The Balaban J connectivity index is 2.45. The van der Waals surface area contributed by atoms with E-state index in [1.54, 1.807) is 24.3 Å². The van der Waals surface area contributed by atoms with Crippen LogP contribution in [-0.4, -0.2) is 75.8 Å². The molecule has 0 fully saturated rings. The number of carbonyl (C=O) groups excluding carboxylic acids is 1. The van der Waals surface area contributed by atoms with Gasteiger partial charge in [0.15, 0.2) is 0 Å². The molecule has 0 heterocycles. The number of ether oxygens (including phenoxy) is 1. The molecule has 0 saturated heterocycles. The number of hydrazone groups is 1. The minimum absolute atomic E-state index is 0.0475. The fourth-order valence-corrected chi connectivity index (χ4v) is 1.78. The molecule has 9 nitrogen and oxygen atoms in total. The highest BCUT2D eigenvalue weighted by molar-refractivity contribution is 5.79. The second kappa shape index (κ2) is 9.96. The van der Waals surface area contributed by atoms with Crippen LogP contribution < -0.4 is 10.2 Å². The van der Waals surface area contributed by atoms with Crippen LogP contribution in [0.5, 0.6) is 5.75 Å². The number of nitrogens with zero attached hydrogens (tertiary/aromatic N) is 1. The van der Waals surface area contributed by atoms with Gasteiger partial charge in [-0.1, -0.05) is 12.1 Å². The molecule has 1 aromatic rings. The third kappa shape index (κ3) is 6.22. The molecule has 0 saturated carbocycles. The maximum absolute atomic E-state index is 11.7. The van der Waals surface area contributed by atoms with Gasteiger partial charge in [-0.2, -0.15) is 5.10 Å². The molecule has 4 atom stereocenters. The SMILES string of the molecule is COc1ccc(CC(=O)NN=CC(O)C(O)C(O)C(O)CO)cc1. The molecule has 24 heavy (non-hydrogen) atoms. The summed E-state index contributed by atoms with van der Waals surface area (Å²) in [4.78, 5) is 11.7. The molecule has 0 aromatic heterocycles. The van der Waals surface area contributed by atoms with Crippen molar-refractivity contribution < 1.29 is 35.1 Å². The van der Waals surface area contributed by atoms with Crippen LogP contribution in [0.15, 0.2) is 29.4 Å². The van der Waals surface area contributed by atoms with Gasteiger partial charge in [0.2, 0.25) is 5.91 Å². The van der Waals surface area contributed by atoms with Crippen LogP contribution in [0.2, 0.25) is 0 Å². The Morgan fingerprint density at radius 2 is 1.83 bits per heavy atom. The van der Waals surface area contributed by atoms with Crippen molar-refractivity contribution in [3.63, 3.8) is 0 Å². The number of benzene rings is 1. The van der Waals surface area contributed by atoms with Gasteiger partial charge in [-0.3, -0.25) is 4.79 Å². The molecule has 1 rings (SSSR count). The predicted octanol–water partition coefficient (Wildman–Crippen LogP) is -2.22. The molecular formula is C15H22N2O7. The zero-order valence-electron chi connectivity index (χ0n) is 13.1. The van der Waals surface area contributed by atoms with Crippen molar-refractivity contribution >= 4 is 12.1 Å². The quantitative estimate of drug-likeness (QED) is 0.219. The van der Waals surface area contributed by atoms with Gasteiger partial charge in [0.05, 0.1) is 26.4 Å². The molecular weight excluding hydrogens is 320 g/mol. The van der Waals surface area contributed by atoms with Crippen LogP contribution in [0.3, 0.4) is 0 Å². The molecule has 1 aromatic carbocycles. The molecule has 0 aliphatic carbocycles. The highest BCUT2D eigenvalue weighted by Gasteiger charge is 2.29. The van der Waals surface area contributed by atoms with E-state index in [1.807, 2.05) is 0 Å². The average molecular weight is 342 g/mol. The topological polar surface area (TPSA) is 152 Å². The third-order valence-electron chi connectivity index (χ3n) is 3.22. The zero-order valence-corrected chi connectivity index (χ0v) is 13.1. The predicted molar refractivity (Wildman–Crippen MR) is 84.4 cm³/mol. The number of hydrogen-bond acceptors (Lipinski definition) is 8. The monoisotopic (exact) mass is 342 g/mol. The lowest BCUT2D eigenvalue weighted by atomic mass is 10.0. The Morgan fingerprint density at radius 1 is 1.21 bits per heavy atom. The lowest BCUT2D eigenvalue weighted by Crippen LogP contribution is -2.46. The maximum atomic E-state index is 11.7. The zero-order chi connectivity index (χ0) is 18.1. The molecule has 6 N–H and O–H groups in total. The molecule has 9 heteroatoms. The molecule has 0 spiro atoms. The van der Waals surface area contributed by atoms with Crippen molar-refractivity contribution in [2.45, 2.75) is 30.8 Å². The van der Waals surface area contributed by atoms with Crippen LogP contribution in [-0.2, 0) is 11.2 Å². The van der Waals surface area contributed by atoms with E-state index in [0.717, 1.165) is 11.8 Å². The maximum Gasteiger partial charge on any atom is 0.244 e. The summed E-state index contributed by atoms with van der Waals surface area (Å²) in [5.74, 6) is 0.215. The van der Waals surface area contributed by atoms with Crippen molar-refractivity contribution in [3.05, 3.63) is 29.8 Å². The summed E-state index contributed by atoms with van der Waals surface area (Å²) < 4.78 is 5.00. The van der Waals surface area contributed by atoms with Crippen molar-refractivity contribution in [1.82, 2.24) is 5.43 Å². The molecule has 1 amide bonds. The normalized spacial score (nSPS) is 16.4. The largest absolute Gasteiger partial charge is 0.497 e. The molecule has 134 valence electrons. The highest BCUT2D eigenvalue weighted by Crippen LogP contribution is 2.11. The Labute approximate surface area is 138 Å². The van der Waals surface area contributed by atoms with Crippen LogP contribution in [0.4, 0.5) is 0 Å². The number of rotatable bonds is 9. The number of methoxy groups -OCH3 is 1. The molecule has 0 bridgehead atoms. The summed E-state index contributed by atoms with van der Waals surface area (Å²) >= 11 is 0. The fraction of sp³-hybridized carbons (Fsp3) is 0.467. The Kier molecular flexibility index (Phi) is 8.30. The van der Waals surface area contributed by atoms with Gasteiger partial charge in [0.1, 0.15) is 30.2 Å². The van der Waals surface area contributed by atoms with E-state index < -0.39 is 36.9 Å². The molecule has 0 radical (unpaired) electrons. The highest BCUT2D eigenvalue weighted by atomic mass is 16.5. The van der Waals surface area contributed by atoms with Crippen LogP contribution >= 0.6 is 0 Å². The number of hydrogen-bond donors (Lipinski definition) is 6. The number of aliphatic hydroxyl groups is 5. The first-order valence-corrected chi connectivity index (χ1v) is 7.17. The number of aliphatic hydroxyl groups excluding tert-OH is 5. The van der Waals surface area contributed by atoms with E-state index in [4.69, 9.17) is 14.9 Å². The minimum atomic E-state index is -1.77. The first-order valence-electron chi connectivity index (χ1n) is 7.17. The Morgan fingerprint density at radius 3 is 2.38 bits per heavy atom. The summed E-state index contributed by atoms with van der Waals surface area (Å²) in [5.41, 5.74) is 2.89.